The van der Waals surface area contributed by atoms with Crippen LogP contribution in [0.4, 0.5) is 4.39 Å². The number of ether oxygens (including phenoxy) is 2. The molecule has 2 N–H and O–H groups in total. The molecule has 37 heavy (non-hydrogen) atoms. The predicted molar refractivity (Wildman–Crippen MR) is 138 cm³/mol. The van der Waals surface area contributed by atoms with E-state index < -0.39 is 0 Å². The zero-order chi connectivity index (χ0) is 26.7. The summed E-state index contributed by atoms with van der Waals surface area (Å²) in [5.74, 6) is 0.546. The molecule has 0 spiro atoms. The first-order valence-electron chi connectivity index (χ1n) is 11.8. The van der Waals surface area contributed by atoms with Gasteiger partial charge in [0.05, 0.1) is 32.5 Å². The molecule has 0 aliphatic carbocycles. The van der Waals surface area contributed by atoms with Gasteiger partial charge in [-0.1, -0.05) is 0 Å². The Morgan fingerprint density at radius 1 is 1.08 bits per heavy atom. The van der Waals surface area contributed by atoms with Gasteiger partial charge < -0.3 is 23.9 Å². The summed E-state index contributed by atoms with van der Waals surface area (Å²) in [6.45, 7) is 4.05. The minimum atomic E-state index is -0.360. The number of imidazole rings is 1. The van der Waals surface area contributed by atoms with Crippen LogP contribution in [0.1, 0.15) is 40.1 Å². The second-order valence-corrected chi connectivity index (χ2v) is 8.91. The summed E-state index contributed by atoms with van der Waals surface area (Å²) >= 11 is 0. The first-order valence-corrected chi connectivity index (χ1v) is 11.8. The van der Waals surface area contributed by atoms with Gasteiger partial charge in [-0.3, -0.25) is 10.2 Å². The zero-order valence-corrected chi connectivity index (χ0v) is 21.5. The van der Waals surface area contributed by atoms with E-state index in [1.54, 1.807) is 61.7 Å². The third-order valence-electron chi connectivity index (χ3n) is 6.23. The quantitative estimate of drug-likeness (QED) is 0.373. The van der Waals surface area contributed by atoms with Crippen molar-refractivity contribution in [2.75, 3.05) is 14.2 Å². The van der Waals surface area contributed by atoms with Crippen LogP contribution in [0.3, 0.4) is 0 Å². The fourth-order valence-electron chi connectivity index (χ4n) is 4.13. The van der Waals surface area contributed by atoms with Crippen LogP contribution in [0.5, 0.6) is 11.5 Å². The smallest absolute Gasteiger partial charge is 0.270 e. The number of aryl methyl sites for hydroxylation is 2. The summed E-state index contributed by atoms with van der Waals surface area (Å²) < 4.78 is 27.9. The maximum atomic E-state index is 13.8. The summed E-state index contributed by atoms with van der Waals surface area (Å²) in [4.78, 5) is 18.0. The maximum absolute atomic E-state index is 13.8. The van der Waals surface area contributed by atoms with E-state index in [0.717, 1.165) is 16.7 Å². The van der Waals surface area contributed by atoms with Crippen LogP contribution in [-0.4, -0.2) is 34.2 Å². The van der Waals surface area contributed by atoms with Gasteiger partial charge in [0.25, 0.3) is 5.91 Å². The van der Waals surface area contributed by atoms with Gasteiger partial charge in [-0.15, -0.1) is 0 Å². The molecule has 0 bridgehead atoms. The van der Waals surface area contributed by atoms with Crippen molar-refractivity contribution in [2.45, 2.75) is 26.4 Å². The molecule has 2 heterocycles. The highest BCUT2D eigenvalue weighted by atomic mass is 19.1. The fourth-order valence-corrected chi connectivity index (χ4v) is 4.13. The Hall–Kier alpha value is -4.40. The maximum Gasteiger partial charge on any atom is 0.270 e. The molecule has 192 valence electrons. The lowest BCUT2D eigenvalue weighted by Crippen LogP contribution is -2.28. The predicted octanol–water partition coefficient (Wildman–Crippen LogP) is 4.37. The van der Waals surface area contributed by atoms with Gasteiger partial charge in [0.1, 0.15) is 23.0 Å². The van der Waals surface area contributed by atoms with E-state index in [-0.39, 0.29) is 23.5 Å². The largest absolute Gasteiger partial charge is 0.497 e. The van der Waals surface area contributed by atoms with Gasteiger partial charge in [-0.05, 0) is 73.0 Å². The Balaban J connectivity index is 1.71. The van der Waals surface area contributed by atoms with Gasteiger partial charge in [0, 0.05) is 31.1 Å². The minimum Gasteiger partial charge on any atom is -0.497 e. The number of pyridine rings is 1. The van der Waals surface area contributed by atoms with Crippen LogP contribution in [0.2, 0.25) is 0 Å². The number of nitrogens with zero attached hydrogens (tertiary/aromatic N) is 3. The highest BCUT2D eigenvalue weighted by Gasteiger charge is 2.18. The Kier molecular flexibility index (Phi) is 7.42. The van der Waals surface area contributed by atoms with Crippen molar-refractivity contribution in [1.82, 2.24) is 19.4 Å². The van der Waals surface area contributed by atoms with Crippen LogP contribution in [0, 0.1) is 18.2 Å². The molecular weight excluding hydrogens is 473 g/mol. The van der Waals surface area contributed by atoms with Crippen molar-refractivity contribution in [2.24, 2.45) is 7.05 Å². The molecule has 0 fully saturated rings. The molecule has 4 rings (SSSR count). The number of carbonyl (C=O) groups is 1. The molecule has 0 saturated heterocycles. The first-order chi connectivity index (χ1) is 17.7. The lowest BCUT2D eigenvalue weighted by Gasteiger charge is -2.17. The molecule has 2 aromatic carbocycles. The Labute approximate surface area is 214 Å². The zero-order valence-electron chi connectivity index (χ0n) is 21.5. The van der Waals surface area contributed by atoms with Crippen molar-refractivity contribution >= 4 is 5.91 Å². The number of benzene rings is 2. The van der Waals surface area contributed by atoms with Crippen molar-refractivity contribution in [1.29, 1.82) is 5.41 Å². The van der Waals surface area contributed by atoms with Gasteiger partial charge in [-0.25, -0.2) is 9.37 Å². The summed E-state index contributed by atoms with van der Waals surface area (Å²) in [7, 11) is 4.94. The molecule has 4 aromatic rings. The van der Waals surface area contributed by atoms with Crippen LogP contribution < -0.4 is 20.4 Å². The molecule has 1 atom stereocenters. The van der Waals surface area contributed by atoms with Crippen LogP contribution >= 0.6 is 0 Å². The van der Waals surface area contributed by atoms with Crippen molar-refractivity contribution in [3.63, 3.8) is 0 Å². The molecule has 0 aliphatic rings. The molecule has 0 aliphatic heterocycles. The molecule has 0 saturated carbocycles. The van der Waals surface area contributed by atoms with E-state index in [0.29, 0.717) is 34.9 Å². The van der Waals surface area contributed by atoms with Gasteiger partial charge in [0.2, 0.25) is 5.62 Å². The normalized spacial score (nSPS) is 11.7. The number of halogens is 1. The van der Waals surface area contributed by atoms with E-state index in [9.17, 15) is 9.18 Å². The Bertz CT molecular complexity index is 1490. The van der Waals surface area contributed by atoms with Gasteiger partial charge >= 0.3 is 0 Å². The molecule has 1 amide bonds. The summed E-state index contributed by atoms with van der Waals surface area (Å²) in [5, 5.41) is 11.3. The average molecular weight is 504 g/mol. The average Bonchev–Trinajstić information content (AvgIpc) is 3.20. The summed E-state index contributed by atoms with van der Waals surface area (Å²) in [5.41, 5.74) is 4.14. The van der Waals surface area contributed by atoms with E-state index in [2.05, 4.69) is 10.3 Å². The standard InChI is InChI=1S/C28H30FN5O3/c1-17-10-21(29)6-7-24(17)25-11-19(16-34-9-8-33(3)28(34)30)12-26(32-25)27(35)31-18(2)20-13-22(36-4)15-23(14-20)37-5/h6-15,18,30H,16H2,1-5H3,(H,31,35). The number of methoxy groups -OCH3 is 2. The van der Waals surface area contributed by atoms with E-state index >= 15 is 0 Å². The number of amides is 1. The number of nitrogens with one attached hydrogen (secondary N) is 2. The van der Waals surface area contributed by atoms with Crippen molar-refractivity contribution in [3.05, 3.63) is 94.7 Å². The number of carbonyl (C=O) groups excluding carboxylic acids is 1. The Morgan fingerprint density at radius 3 is 2.38 bits per heavy atom. The molecule has 9 heteroatoms. The van der Waals surface area contributed by atoms with E-state index in [4.69, 9.17) is 14.9 Å². The van der Waals surface area contributed by atoms with E-state index in [1.807, 2.05) is 31.3 Å². The minimum absolute atomic E-state index is 0.223. The highest BCUT2D eigenvalue weighted by Crippen LogP contribution is 2.27. The molecule has 0 radical (unpaired) electrons. The van der Waals surface area contributed by atoms with Crippen molar-refractivity contribution < 1.29 is 18.7 Å². The molecule has 2 aromatic heterocycles. The second-order valence-electron chi connectivity index (χ2n) is 8.91. The molecular formula is C28H30FN5O3. The van der Waals surface area contributed by atoms with Gasteiger partial charge in [0.15, 0.2) is 0 Å². The third kappa shape index (κ3) is 5.72. The number of rotatable bonds is 8. The molecule has 1 unspecified atom stereocenters. The topological polar surface area (TPSA) is 94.2 Å². The third-order valence-corrected chi connectivity index (χ3v) is 6.23. The Morgan fingerprint density at radius 2 is 1.78 bits per heavy atom. The van der Waals surface area contributed by atoms with E-state index in [1.165, 1.54) is 12.1 Å². The van der Waals surface area contributed by atoms with Crippen LogP contribution in [0.15, 0.2) is 60.9 Å². The van der Waals surface area contributed by atoms with Gasteiger partial charge in [-0.2, -0.15) is 0 Å². The summed E-state index contributed by atoms with van der Waals surface area (Å²) in [6.07, 6.45) is 3.61. The van der Waals surface area contributed by atoms with Crippen LogP contribution in [0.25, 0.3) is 11.3 Å². The number of aromatic nitrogens is 3. The number of hydrogen-bond acceptors (Lipinski definition) is 5. The summed E-state index contributed by atoms with van der Waals surface area (Å²) in [6, 6.07) is 13.2. The first kappa shape index (κ1) is 25.7. The van der Waals surface area contributed by atoms with Crippen LogP contribution in [-0.2, 0) is 13.6 Å². The lowest BCUT2D eigenvalue weighted by molar-refractivity contribution is 0.0934. The monoisotopic (exact) mass is 503 g/mol. The SMILES string of the molecule is COc1cc(OC)cc(C(C)NC(=O)c2cc(Cn3ccn(C)c3=N)cc(-c3ccc(F)cc3C)n2)c1. The van der Waals surface area contributed by atoms with Crippen molar-refractivity contribution in [3.8, 4) is 22.8 Å². The lowest BCUT2D eigenvalue weighted by atomic mass is 10.0. The molecule has 8 nitrogen and oxygen atoms in total. The highest BCUT2D eigenvalue weighted by molar-refractivity contribution is 5.93. The number of hydrogen-bond donors (Lipinski definition) is 2. The second kappa shape index (κ2) is 10.7. The fraction of sp³-hybridized carbons (Fsp3) is 0.250.